The molecule has 2 nitrogen and oxygen atoms in total. The second-order valence-corrected chi connectivity index (χ2v) is 5.10. The molecular weight excluding hydrogens is 321 g/mol. The van der Waals surface area contributed by atoms with E-state index in [1.54, 1.807) is 0 Å². The van der Waals surface area contributed by atoms with Gasteiger partial charge in [-0.05, 0) is 17.7 Å². The second-order valence-electron chi connectivity index (χ2n) is 3.99. The molecule has 1 heterocycles. The summed E-state index contributed by atoms with van der Waals surface area (Å²) in [6, 6.07) is 11.9. The summed E-state index contributed by atoms with van der Waals surface area (Å²) in [5, 5.41) is 6.81. The Hall–Kier alpha value is -1.43. The molecule has 6 heteroatoms. The first-order valence-electron chi connectivity index (χ1n) is 5.55. The highest BCUT2D eigenvalue weighted by Crippen LogP contribution is 2.28. The van der Waals surface area contributed by atoms with Crippen LogP contribution in [-0.4, -0.2) is 10.2 Å². The standard InChI is InChI=1S/C13H10BrF3N2/c14-11(9-4-2-1-3-5-9)8-10-6-7-12(19-18-10)13(15,16)17/h1-7,11H,8H2. The molecule has 0 aliphatic heterocycles. The van der Waals surface area contributed by atoms with Crippen LogP contribution in [0.25, 0.3) is 0 Å². The van der Waals surface area contributed by atoms with Gasteiger partial charge in [-0.3, -0.25) is 0 Å². The fourth-order valence-corrected chi connectivity index (χ4v) is 2.22. The average Bonchev–Trinajstić information content (AvgIpc) is 2.39. The van der Waals surface area contributed by atoms with Gasteiger partial charge in [-0.2, -0.15) is 18.3 Å². The van der Waals surface area contributed by atoms with Crippen molar-refractivity contribution in [2.45, 2.75) is 17.4 Å². The van der Waals surface area contributed by atoms with Crippen LogP contribution in [0.15, 0.2) is 42.5 Å². The van der Waals surface area contributed by atoms with Gasteiger partial charge in [0.25, 0.3) is 0 Å². The Morgan fingerprint density at radius 3 is 2.21 bits per heavy atom. The Balaban J connectivity index is 2.08. The van der Waals surface area contributed by atoms with Crippen molar-refractivity contribution in [2.24, 2.45) is 0 Å². The molecule has 0 bridgehead atoms. The Labute approximate surface area is 116 Å². The normalized spacial score (nSPS) is 13.3. The zero-order valence-corrected chi connectivity index (χ0v) is 11.3. The van der Waals surface area contributed by atoms with Gasteiger partial charge in [-0.25, -0.2) is 0 Å². The first-order chi connectivity index (χ1) is 8.97. The third-order valence-corrected chi connectivity index (χ3v) is 3.41. The predicted octanol–water partition coefficient (Wildman–Crippen LogP) is 4.17. The maximum atomic E-state index is 12.3. The highest BCUT2D eigenvalue weighted by Gasteiger charge is 2.32. The third kappa shape index (κ3) is 3.76. The van der Waals surface area contributed by atoms with E-state index in [9.17, 15) is 13.2 Å². The molecule has 100 valence electrons. The lowest BCUT2D eigenvalue weighted by Crippen LogP contribution is -2.10. The number of aromatic nitrogens is 2. The van der Waals surface area contributed by atoms with Crippen molar-refractivity contribution in [3.63, 3.8) is 0 Å². The molecule has 2 rings (SSSR count). The van der Waals surface area contributed by atoms with Crippen LogP contribution in [0.2, 0.25) is 0 Å². The van der Waals surface area contributed by atoms with Crippen molar-refractivity contribution in [2.75, 3.05) is 0 Å². The molecule has 1 unspecified atom stereocenters. The minimum Gasteiger partial charge on any atom is -0.164 e. The van der Waals surface area contributed by atoms with Crippen LogP contribution in [0.3, 0.4) is 0 Å². The molecule has 1 atom stereocenters. The quantitative estimate of drug-likeness (QED) is 0.789. The number of halogens is 4. The van der Waals surface area contributed by atoms with E-state index in [1.807, 2.05) is 30.3 Å². The fraction of sp³-hybridized carbons (Fsp3) is 0.231. The highest BCUT2D eigenvalue weighted by molar-refractivity contribution is 9.09. The average molecular weight is 331 g/mol. The van der Waals surface area contributed by atoms with E-state index in [0.717, 1.165) is 11.6 Å². The minimum absolute atomic E-state index is 0.000244. The summed E-state index contributed by atoms with van der Waals surface area (Å²) in [4.78, 5) is -0.000244. The number of rotatable bonds is 3. The van der Waals surface area contributed by atoms with E-state index in [0.29, 0.717) is 12.1 Å². The van der Waals surface area contributed by atoms with Crippen LogP contribution in [0.1, 0.15) is 21.8 Å². The monoisotopic (exact) mass is 330 g/mol. The van der Waals surface area contributed by atoms with Gasteiger partial charge in [0.1, 0.15) is 0 Å². The number of benzene rings is 1. The zero-order chi connectivity index (χ0) is 13.9. The van der Waals surface area contributed by atoms with Crippen LogP contribution < -0.4 is 0 Å². The topological polar surface area (TPSA) is 25.8 Å². The van der Waals surface area contributed by atoms with E-state index >= 15 is 0 Å². The molecule has 0 aliphatic carbocycles. The third-order valence-electron chi connectivity index (χ3n) is 2.56. The summed E-state index contributed by atoms with van der Waals surface area (Å²) in [6.07, 6.45) is -3.96. The molecule has 0 saturated heterocycles. The molecule has 19 heavy (non-hydrogen) atoms. The van der Waals surface area contributed by atoms with Crippen molar-refractivity contribution in [3.8, 4) is 0 Å². The van der Waals surface area contributed by atoms with Gasteiger partial charge in [0.05, 0.1) is 5.69 Å². The number of hydrogen-bond acceptors (Lipinski definition) is 2. The van der Waals surface area contributed by atoms with Crippen LogP contribution in [-0.2, 0) is 12.6 Å². The highest BCUT2D eigenvalue weighted by atomic mass is 79.9. The summed E-state index contributed by atoms with van der Waals surface area (Å²) in [5.74, 6) is 0. The van der Waals surface area contributed by atoms with E-state index in [2.05, 4.69) is 26.1 Å². The maximum Gasteiger partial charge on any atom is 0.435 e. The lowest BCUT2D eigenvalue weighted by molar-refractivity contribution is -0.141. The van der Waals surface area contributed by atoms with E-state index in [4.69, 9.17) is 0 Å². The smallest absolute Gasteiger partial charge is 0.164 e. The Bertz CT molecular complexity index is 526. The van der Waals surface area contributed by atoms with Crippen molar-refractivity contribution in [3.05, 3.63) is 59.4 Å². The van der Waals surface area contributed by atoms with E-state index in [-0.39, 0.29) is 4.83 Å². The predicted molar refractivity (Wildman–Crippen MR) is 68.8 cm³/mol. The first kappa shape index (κ1) is 14.0. The molecule has 2 aromatic rings. The Morgan fingerprint density at radius 2 is 1.68 bits per heavy atom. The van der Waals surface area contributed by atoms with Crippen molar-refractivity contribution >= 4 is 15.9 Å². The molecule has 1 aromatic heterocycles. The van der Waals surface area contributed by atoms with Crippen LogP contribution in [0, 0.1) is 0 Å². The van der Waals surface area contributed by atoms with Gasteiger partial charge in [0.2, 0.25) is 0 Å². The van der Waals surface area contributed by atoms with Crippen molar-refractivity contribution in [1.82, 2.24) is 10.2 Å². The summed E-state index contributed by atoms with van der Waals surface area (Å²) in [5.41, 5.74) is 0.588. The molecular formula is C13H10BrF3N2. The number of nitrogens with zero attached hydrogens (tertiary/aromatic N) is 2. The largest absolute Gasteiger partial charge is 0.435 e. The lowest BCUT2D eigenvalue weighted by Gasteiger charge is -2.10. The molecule has 1 aromatic carbocycles. The summed E-state index contributed by atoms with van der Waals surface area (Å²) in [6.45, 7) is 0. The summed E-state index contributed by atoms with van der Waals surface area (Å²) >= 11 is 3.49. The maximum absolute atomic E-state index is 12.3. The number of hydrogen-bond donors (Lipinski definition) is 0. The van der Waals surface area contributed by atoms with E-state index in [1.165, 1.54) is 6.07 Å². The van der Waals surface area contributed by atoms with Crippen LogP contribution >= 0.6 is 15.9 Å². The lowest BCUT2D eigenvalue weighted by atomic mass is 10.1. The molecule has 0 aliphatic rings. The second kappa shape index (κ2) is 5.69. The van der Waals surface area contributed by atoms with Gasteiger partial charge >= 0.3 is 6.18 Å². The van der Waals surface area contributed by atoms with E-state index < -0.39 is 11.9 Å². The molecule has 0 fully saturated rings. The summed E-state index contributed by atoms with van der Waals surface area (Å²) in [7, 11) is 0. The van der Waals surface area contributed by atoms with Crippen LogP contribution in [0.4, 0.5) is 13.2 Å². The SMILES string of the molecule is FC(F)(F)c1ccc(CC(Br)c2ccccc2)nn1. The fourth-order valence-electron chi connectivity index (χ4n) is 1.58. The molecule has 0 radical (unpaired) electrons. The molecule has 0 N–H and O–H groups in total. The Morgan fingerprint density at radius 1 is 1.00 bits per heavy atom. The molecule has 0 spiro atoms. The van der Waals surface area contributed by atoms with Crippen molar-refractivity contribution < 1.29 is 13.2 Å². The van der Waals surface area contributed by atoms with Crippen LogP contribution in [0.5, 0.6) is 0 Å². The van der Waals surface area contributed by atoms with Crippen molar-refractivity contribution in [1.29, 1.82) is 0 Å². The van der Waals surface area contributed by atoms with Gasteiger partial charge in [-0.1, -0.05) is 46.3 Å². The van der Waals surface area contributed by atoms with Gasteiger partial charge in [-0.15, -0.1) is 5.10 Å². The Kier molecular flexibility index (Phi) is 4.19. The van der Waals surface area contributed by atoms with Gasteiger partial charge < -0.3 is 0 Å². The molecule has 0 saturated carbocycles. The number of alkyl halides is 4. The van der Waals surface area contributed by atoms with Gasteiger partial charge in [0, 0.05) is 11.2 Å². The zero-order valence-electron chi connectivity index (χ0n) is 9.73. The molecule has 0 amide bonds. The summed E-state index contributed by atoms with van der Waals surface area (Å²) < 4.78 is 37.0. The minimum atomic E-state index is -4.45. The first-order valence-corrected chi connectivity index (χ1v) is 6.47. The van der Waals surface area contributed by atoms with Gasteiger partial charge in [0.15, 0.2) is 5.69 Å².